The highest BCUT2D eigenvalue weighted by atomic mass is 19.1. The molecule has 0 radical (unpaired) electrons. The van der Waals surface area contributed by atoms with Crippen molar-refractivity contribution in [3.05, 3.63) is 29.3 Å². The molecule has 2 heterocycles. The topological polar surface area (TPSA) is 29.3 Å². The van der Waals surface area contributed by atoms with Crippen molar-refractivity contribution in [3.63, 3.8) is 0 Å². The van der Waals surface area contributed by atoms with Crippen molar-refractivity contribution in [1.82, 2.24) is 0 Å². The summed E-state index contributed by atoms with van der Waals surface area (Å²) in [5.74, 6) is -0.858. The number of rotatable bonds is 1. The monoisotopic (exact) mass is 266 g/mol. The van der Waals surface area contributed by atoms with E-state index in [1.165, 1.54) is 12.1 Å². The molecular weight excluding hydrogens is 246 g/mol. The van der Waals surface area contributed by atoms with Gasteiger partial charge in [-0.15, -0.1) is 0 Å². The van der Waals surface area contributed by atoms with E-state index in [2.05, 4.69) is 0 Å². The zero-order chi connectivity index (χ0) is 13.6. The minimum Gasteiger partial charge on any atom is -0.361 e. The summed E-state index contributed by atoms with van der Waals surface area (Å²) in [7, 11) is 0. The maximum Gasteiger partial charge on any atom is 0.152 e. The van der Waals surface area contributed by atoms with Gasteiger partial charge < -0.3 is 10.6 Å². The fraction of sp³-hybridized carbons (Fsp3) is 0.600. The molecule has 19 heavy (non-hydrogen) atoms. The standard InChI is InChI=1S/C15H20F2N2/c1-9-5-6-13(16)15(14(9)17)19-11-3-2-4-12(19)8-10(18)7-11/h5-6,10-12H,2-4,7-8,18H2,1H3. The van der Waals surface area contributed by atoms with Crippen LogP contribution in [0.3, 0.4) is 0 Å². The highest BCUT2D eigenvalue weighted by Crippen LogP contribution is 2.40. The molecule has 2 saturated heterocycles. The van der Waals surface area contributed by atoms with Crippen LogP contribution < -0.4 is 10.6 Å². The van der Waals surface area contributed by atoms with Gasteiger partial charge in [0, 0.05) is 18.1 Å². The van der Waals surface area contributed by atoms with Gasteiger partial charge in [-0.3, -0.25) is 0 Å². The van der Waals surface area contributed by atoms with Gasteiger partial charge in [0.2, 0.25) is 0 Å². The van der Waals surface area contributed by atoms with Crippen molar-refractivity contribution in [1.29, 1.82) is 0 Å². The highest BCUT2D eigenvalue weighted by molar-refractivity contribution is 5.54. The lowest BCUT2D eigenvalue weighted by atomic mass is 9.81. The van der Waals surface area contributed by atoms with Gasteiger partial charge in [-0.1, -0.05) is 6.07 Å². The fourth-order valence-corrected chi connectivity index (χ4v) is 3.67. The van der Waals surface area contributed by atoms with Crippen LogP contribution in [0.25, 0.3) is 0 Å². The molecule has 3 rings (SSSR count). The summed E-state index contributed by atoms with van der Waals surface area (Å²) in [5, 5.41) is 0. The van der Waals surface area contributed by atoms with Crippen LogP contribution in [-0.4, -0.2) is 18.1 Å². The Morgan fingerprint density at radius 3 is 2.42 bits per heavy atom. The second-order valence-corrected chi connectivity index (χ2v) is 5.90. The fourth-order valence-electron chi connectivity index (χ4n) is 3.67. The lowest BCUT2D eigenvalue weighted by Crippen LogP contribution is -2.56. The second kappa shape index (κ2) is 4.75. The zero-order valence-electron chi connectivity index (χ0n) is 11.2. The van der Waals surface area contributed by atoms with E-state index in [9.17, 15) is 8.78 Å². The van der Waals surface area contributed by atoms with Gasteiger partial charge in [0.05, 0.1) is 0 Å². The summed E-state index contributed by atoms with van der Waals surface area (Å²) in [6.07, 6.45) is 4.77. The molecule has 0 aromatic heterocycles. The Bertz CT molecular complexity index is 475. The zero-order valence-corrected chi connectivity index (χ0v) is 11.2. The van der Waals surface area contributed by atoms with Crippen molar-refractivity contribution < 1.29 is 8.78 Å². The lowest BCUT2D eigenvalue weighted by molar-refractivity contribution is 0.266. The Hall–Kier alpha value is -1.16. The van der Waals surface area contributed by atoms with Gasteiger partial charge in [-0.25, -0.2) is 8.78 Å². The number of nitrogens with two attached hydrogens (primary N) is 1. The number of anilines is 1. The van der Waals surface area contributed by atoms with Crippen LogP contribution in [-0.2, 0) is 0 Å². The van der Waals surface area contributed by atoms with E-state index in [0.717, 1.165) is 32.1 Å². The van der Waals surface area contributed by atoms with Gasteiger partial charge in [-0.05, 0) is 50.7 Å². The van der Waals surface area contributed by atoms with Gasteiger partial charge in [0.1, 0.15) is 11.5 Å². The van der Waals surface area contributed by atoms with E-state index < -0.39 is 11.6 Å². The summed E-state index contributed by atoms with van der Waals surface area (Å²) in [5.41, 5.74) is 6.73. The average molecular weight is 266 g/mol. The third-order valence-electron chi connectivity index (χ3n) is 4.53. The van der Waals surface area contributed by atoms with Gasteiger partial charge >= 0.3 is 0 Å². The Balaban J connectivity index is 2.04. The minimum absolute atomic E-state index is 0.168. The molecule has 104 valence electrons. The van der Waals surface area contributed by atoms with E-state index >= 15 is 0 Å². The van der Waals surface area contributed by atoms with Crippen molar-refractivity contribution >= 4 is 5.69 Å². The predicted octanol–water partition coefficient (Wildman–Crippen LogP) is 3.12. The Labute approximate surface area is 112 Å². The summed E-state index contributed by atoms with van der Waals surface area (Å²) in [6.45, 7) is 1.68. The maximum atomic E-state index is 14.3. The number of hydrogen-bond donors (Lipinski definition) is 1. The maximum absolute atomic E-state index is 14.3. The average Bonchev–Trinajstić information content (AvgIpc) is 2.35. The van der Waals surface area contributed by atoms with Crippen LogP contribution in [0.1, 0.15) is 37.7 Å². The number of halogens is 2. The number of fused-ring (bicyclic) bond motifs is 2. The van der Waals surface area contributed by atoms with Crippen molar-refractivity contribution in [3.8, 4) is 0 Å². The van der Waals surface area contributed by atoms with Crippen molar-refractivity contribution in [2.24, 2.45) is 5.73 Å². The number of hydrogen-bond acceptors (Lipinski definition) is 2. The quantitative estimate of drug-likeness (QED) is 0.846. The molecule has 2 bridgehead atoms. The molecule has 2 aliphatic heterocycles. The normalized spacial score (nSPS) is 30.5. The largest absolute Gasteiger partial charge is 0.361 e. The first-order chi connectivity index (χ1) is 9.08. The molecule has 2 atom stereocenters. The number of benzene rings is 1. The smallest absolute Gasteiger partial charge is 0.152 e. The number of aryl methyl sites for hydroxylation is 1. The predicted molar refractivity (Wildman–Crippen MR) is 72.2 cm³/mol. The molecule has 2 fully saturated rings. The molecule has 0 spiro atoms. The summed E-state index contributed by atoms with van der Waals surface area (Å²) < 4.78 is 28.4. The lowest BCUT2D eigenvalue weighted by Gasteiger charge is -2.49. The van der Waals surface area contributed by atoms with Gasteiger partial charge in [0.25, 0.3) is 0 Å². The molecule has 2 aliphatic rings. The van der Waals surface area contributed by atoms with E-state index in [1.807, 2.05) is 4.90 Å². The van der Waals surface area contributed by atoms with Crippen LogP contribution in [0.4, 0.5) is 14.5 Å². The van der Waals surface area contributed by atoms with Crippen LogP contribution in [0.15, 0.2) is 12.1 Å². The van der Waals surface area contributed by atoms with E-state index in [0.29, 0.717) is 5.56 Å². The third-order valence-corrected chi connectivity index (χ3v) is 4.53. The molecule has 2 nitrogen and oxygen atoms in total. The minimum atomic E-state index is -0.449. The first kappa shape index (κ1) is 12.9. The van der Waals surface area contributed by atoms with Crippen LogP contribution >= 0.6 is 0 Å². The molecule has 1 aromatic rings. The molecule has 0 aliphatic carbocycles. The van der Waals surface area contributed by atoms with E-state index in [-0.39, 0.29) is 23.8 Å². The first-order valence-corrected chi connectivity index (χ1v) is 7.06. The van der Waals surface area contributed by atoms with Crippen molar-refractivity contribution in [2.75, 3.05) is 4.90 Å². The first-order valence-electron chi connectivity index (χ1n) is 7.06. The molecule has 2 N–H and O–H groups in total. The second-order valence-electron chi connectivity index (χ2n) is 5.90. The highest BCUT2D eigenvalue weighted by Gasteiger charge is 2.39. The summed E-state index contributed by atoms with van der Waals surface area (Å²) in [6, 6.07) is 3.42. The van der Waals surface area contributed by atoms with Gasteiger partial charge in [-0.2, -0.15) is 0 Å². The SMILES string of the molecule is Cc1ccc(F)c(N2C3CCCC2CC(N)C3)c1F. The molecule has 1 aromatic carbocycles. The molecule has 0 amide bonds. The molecular formula is C15H20F2N2. The van der Waals surface area contributed by atoms with Crippen molar-refractivity contribution in [2.45, 2.75) is 57.2 Å². The number of piperidine rings is 2. The Morgan fingerprint density at radius 1 is 1.16 bits per heavy atom. The molecule has 4 heteroatoms. The Kier molecular flexibility index (Phi) is 3.21. The Morgan fingerprint density at radius 2 is 1.79 bits per heavy atom. The van der Waals surface area contributed by atoms with E-state index in [1.54, 1.807) is 6.92 Å². The summed E-state index contributed by atoms with van der Waals surface area (Å²) in [4.78, 5) is 1.98. The van der Waals surface area contributed by atoms with Gasteiger partial charge in [0.15, 0.2) is 5.82 Å². The van der Waals surface area contributed by atoms with E-state index in [4.69, 9.17) is 5.73 Å². The summed E-state index contributed by atoms with van der Waals surface area (Å²) >= 11 is 0. The molecule has 0 saturated carbocycles. The number of nitrogens with zero attached hydrogens (tertiary/aromatic N) is 1. The van der Waals surface area contributed by atoms with Crippen LogP contribution in [0.2, 0.25) is 0 Å². The van der Waals surface area contributed by atoms with Crippen LogP contribution in [0, 0.1) is 18.6 Å². The third kappa shape index (κ3) is 2.12. The molecule has 2 unspecified atom stereocenters. The van der Waals surface area contributed by atoms with Crippen LogP contribution in [0.5, 0.6) is 0 Å².